The quantitative estimate of drug-likeness (QED) is 0.811. The molecule has 7 heteroatoms. The number of fused-ring (bicyclic) bond motifs is 1. The molecule has 0 radical (unpaired) electrons. The summed E-state index contributed by atoms with van der Waals surface area (Å²) in [5.74, 6) is 0.834. The fraction of sp³-hybridized carbons (Fsp3) is 0.650. The largest absolute Gasteiger partial charge is 0.360 e. The van der Waals surface area contributed by atoms with Crippen LogP contribution in [0.25, 0.3) is 0 Å². The molecule has 2 bridgehead atoms. The van der Waals surface area contributed by atoms with Crippen molar-refractivity contribution in [1.29, 1.82) is 0 Å². The van der Waals surface area contributed by atoms with E-state index in [0.29, 0.717) is 25.6 Å². The molecule has 5 rings (SSSR count). The fourth-order valence-corrected chi connectivity index (χ4v) is 5.40. The maximum Gasteiger partial charge on any atom is 0.230 e. The van der Waals surface area contributed by atoms with E-state index in [0.717, 1.165) is 31.6 Å². The molecular formula is C20H26N4O3. The number of aromatic nitrogens is 2. The molecule has 4 atom stereocenters. The summed E-state index contributed by atoms with van der Waals surface area (Å²) in [6.07, 6.45) is 10.1. The van der Waals surface area contributed by atoms with Crippen LogP contribution in [-0.2, 0) is 14.3 Å². The van der Waals surface area contributed by atoms with E-state index in [-0.39, 0.29) is 29.8 Å². The molecule has 4 unspecified atom stereocenters. The lowest BCUT2D eigenvalue weighted by molar-refractivity contribution is -0.144. The molecule has 7 nitrogen and oxygen atoms in total. The summed E-state index contributed by atoms with van der Waals surface area (Å²) in [6, 6.07) is 0. The molecule has 5 heterocycles. The number of carbonyl (C=O) groups is 2. The molecule has 1 aromatic heterocycles. The van der Waals surface area contributed by atoms with Gasteiger partial charge in [-0.15, -0.1) is 0 Å². The van der Waals surface area contributed by atoms with Gasteiger partial charge in [0.15, 0.2) is 0 Å². The highest BCUT2D eigenvalue weighted by Gasteiger charge is 2.67. The molecule has 27 heavy (non-hydrogen) atoms. The zero-order valence-corrected chi connectivity index (χ0v) is 15.6. The summed E-state index contributed by atoms with van der Waals surface area (Å²) in [7, 11) is 0. The van der Waals surface area contributed by atoms with Gasteiger partial charge >= 0.3 is 0 Å². The number of amides is 2. The first-order valence-corrected chi connectivity index (χ1v) is 10.1. The molecule has 0 aromatic carbocycles. The lowest BCUT2D eigenvalue weighted by atomic mass is 9.76. The van der Waals surface area contributed by atoms with Crippen LogP contribution in [-0.4, -0.2) is 69.5 Å². The van der Waals surface area contributed by atoms with E-state index in [1.807, 2.05) is 28.1 Å². The number of piperidine rings is 1. The van der Waals surface area contributed by atoms with Gasteiger partial charge in [0.2, 0.25) is 11.8 Å². The number of nitrogens with zero attached hydrogens (tertiary/aromatic N) is 3. The normalized spacial score (nSPS) is 35.3. The highest BCUT2D eigenvalue weighted by Crippen LogP contribution is 2.52. The molecule has 0 aliphatic carbocycles. The maximum absolute atomic E-state index is 13.4. The van der Waals surface area contributed by atoms with Crippen molar-refractivity contribution < 1.29 is 14.3 Å². The van der Waals surface area contributed by atoms with Crippen molar-refractivity contribution in [2.24, 2.45) is 11.8 Å². The number of likely N-dealkylation sites (tertiary alicyclic amines) is 2. The van der Waals surface area contributed by atoms with Crippen molar-refractivity contribution in [1.82, 2.24) is 19.8 Å². The van der Waals surface area contributed by atoms with Gasteiger partial charge in [-0.1, -0.05) is 19.1 Å². The van der Waals surface area contributed by atoms with Gasteiger partial charge in [0, 0.05) is 37.9 Å². The second-order valence-corrected chi connectivity index (χ2v) is 8.23. The number of rotatable bonds is 4. The van der Waals surface area contributed by atoms with Crippen LogP contribution in [0, 0.1) is 11.8 Å². The SMILES string of the molecule is CCCN1CC23C=CC(O2)C(C(=O)N2CCC(c4ncc[nH]4)CC2)C3C1=O. The Morgan fingerprint density at radius 2 is 2.22 bits per heavy atom. The van der Waals surface area contributed by atoms with E-state index < -0.39 is 5.60 Å². The predicted octanol–water partition coefficient (Wildman–Crippen LogP) is 1.31. The zero-order chi connectivity index (χ0) is 18.6. The van der Waals surface area contributed by atoms with E-state index in [9.17, 15) is 9.59 Å². The second-order valence-electron chi connectivity index (χ2n) is 8.23. The van der Waals surface area contributed by atoms with Crippen LogP contribution in [0.5, 0.6) is 0 Å². The second kappa shape index (κ2) is 6.19. The number of H-pyrrole nitrogens is 1. The number of hydrogen-bond donors (Lipinski definition) is 1. The standard InChI is InChI=1S/C20H26N4O3/c1-2-9-24-12-20-6-3-14(27-20)15(16(20)19(24)26)18(25)23-10-4-13(5-11-23)17-21-7-8-22-17/h3,6-8,13-16H,2,4-5,9-12H2,1H3,(H,21,22). The Morgan fingerprint density at radius 1 is 1.41 bits per heavy atom. The lowest BCUT2D eigenvalue weighted by Gasteiger charge is -2.35. The Balaban J connectivity index is 1.31. The minimum atomic E-state index is -0.580. The molecule has 2 amide bonds. The third kappa shape index (κ3) is 2.47. The fourth-order valence-electron chi connectivity index (χ4n) is 5.40. The number of imidazole rings is 1. The first kappa shape index (κ1) is 17.0. The van der Waals surface area contributed by atoms with Gasteiger partial charge in [-0.05, 0) is 19.3 Å². The Labute approximate surface area is 158 Å². The smallest absolute Gasteiger partial charge is 0.230 e. The average molecular weight is 370 g/mol. The van der Waals surface area contributed by atoms with E-state index in [2.05, 4.69) is 16.9 Å². The van der Waals surface area contributed by atoms with Crippen molar-refractivity contribution >= 4 is 11.8 Å². The van der Waals surface area contributed by atoms with Crippen LogP contribution in [0.4, 0.5) is 0 Å². The van der Waals surface area contributed by atoms with Crippen LogP contribution in [0.1, 0.15) is 37.9 Å². The Bertz CT molecular complexity index is 768. The van der Waals surface area contributed by atoms with E-state index >= 15 is 0 Å². The molecule has 1 aromatic rings. The predicted molar refractivity (Wildman–Crippen MR) is 97.7 cm³/mol. The minimum Gasteiger partial charge on any atom is -0.360 e. The molecule has 144 valence electrons. The van der Waals surface area contributed by atoms with Gasteiger partial charge in [0.05, 0.1) is 24.5 Å². The van der Waals surface area contributed by atoms with Crippen LogP contribution in [0.15, 0.2) is 24.5 Å². The first-order valence-electron chi connectivity index (χ1n) is 10.1. The summed E-state index contributed by atoms with van der Waals surface area (Å²) in [4.78, 5) is 37.7. The van der Waals surface area contributed by atoms with Gasteiger partial charge in [-0.3, -0.25) is 9.59 Å². The van der Waals surface area contributed by atoms with Crippen molar-refractivity contribution in [2.75, 3.05) is 26.2 Å². The third-order valence-corrected chi connectivity index (χ3v) is 6.67. The number of aromatic amines is 1. The summed E-state index contributed by atoms with van der Waals surface area (Å²) >= 11 is 0. The summed E-state index contributed by atoms with van der Waals surface area (Å²) in [5.41, 5.74) is -0.580. The van der Waals surface area contributed by atoms with E-state index in [1.165, 1.54) is 0 Å². The molecule has 4 aliphatic rings. The molecular weight excluding hydrogens is 344 g/mol. The average Bonchev–Trinajstić information content (AvgIpc) is 3.44. The van der Waals surface area contributed by atoms with E-state index in [4.69, 9.17) is 4.74 Å². The zero-order valence-electron chi connectivity index (χ0n) is 15.6. The molecule has 0 saturated carbocycles. The molecule has 1 spiro atoms. The number of carbonyl (C=O) groups excluding carboxylic acids is 2. The van der Waals surface area contributed by atoms with Gasteiger partial charge in [-0.2, -0.15) is 0 Å². The highest BCUT2D eigenvalue weighted by atomic mass is 16.5. The minimum absolute atomic E-state index is 0.0841. The van der Waals surface area contributed by atoms with Gasteiger partial charge in [0.1, 0.15) is 11.4 Å². The maximum atomic E-state index is 13.4. The Kier molecular flexibility index (Phi) is 3.89. The van der Waals surface area contributed by atoms with Crippen molar-refractivity contribution in [3.8, 4) is 0 Å². The molecule has 1 N–H and O–H groups in total. The van der Waals surface area contributed by atoms with Gasteiger partial charge in [0.25, 0.3) is 0 Å². The van der Waals surface area contributed by atoms with Crippen molar-refractivity contribution in [3.63, 3.8) is 0 Å². The topological polar surface area (TPSA) is 78.5 Å². The lowest BCUT2D eigenvalue weighted by Crippen LogP contribution is -2.48. The first-order chi connectivity index (χ1) is 13.1. The van der Waals surface area contributed by atoms with Crippen LogP contribution >= 0.6 is 0 Å². The van der Waals surface area contributed by atoms with Crippen LogP contribution in [0.2, 0.25) is 0 Å². The molecule has 3 saturated heterocycles. The molecule has 3 fully saturated rings. The molecule has 4 aliphatic heterocycles. The van der Waals surface area contributed by atoms with Crippen LogP contribution in [0.3, 0.4) is 0 Å². The summed E-state index contributed by atoms with van der Waals surface area (Å²) in [6.45, 7) is 4.81. The summed E-state index contributed by atoms with van der Waals surface area (Å²) in [5, 5.41) is 0. The van der Waals surface area contributed by atoms with E-state index in [1.54, 1.807) is 6.20 Å². The third-order valence-electron chi connectivity index (χ3n) is 6.67. The van der Waals surface area contributed by atoms with Gasteiger partial charge < -0.3 is 19.5 Å². The van der Waals surface area contributed by atoms with Crippen molar-refractivity contribution in [3.05, 3.63) is 30.4 Å². The highest BCUT2D eigenvalue weighted by molar-refractivity contribution is 5.93. The number of ether oxygens (including phenoxy) is 1. The Morgan fingerprint density at radius 3 is 2.93 bits per heavy atom. The van der Waals surface area contributed by atoms with Crippen molar-refractivity contribution in [2.45, 2.75) is 43.8 Å². The monoisotopic (exact) mass is 370 g/mol. The van der Waals surface area contributed by atoms with Crippen LogP contribution < -0.4 is 0 Å². The number of hydrogen-bond acceptors (Lipinski definition) is 4. The summed E-state index contributed by atoms with van der Waals surface area (Å²) < 4.78 is 6.20. The van der Waals surface area contributed by atoms with Gasteiger partial charge in [-0.25, -0.2) is 4.98 Å². The Hall–Kier alpha value is -2.15. The number of nitrogens with one attached hydrogen (secondary N) is 1.